The maximum absolute atomic E-state index is 12.0. The zero-order valence-electron chi connectivity index (χ0n) is 8.70. The quantitative estimate of drug-likeness (QED) is 0.771. The minimum absolute atomic E-state index is 0.00373. The van der Waals surface area contributed by atoms with E-state index in [1.807, 2.05) is 30.3 Å². The summed E-state index contributed by atoms with van der Waals surface area (Å²) in [5.74, 6) is 0.00373. The molecule has 1 aliphatic rings. The second-order valence-electron chi connectivity index (χ2n) is 4.13. The summed E-state index contributed by atoms with van der Waals surface area (Å²) in [5.41, 5.74) is 1.07. The van der Waals surface area contributed by atoms with E-state index in [2.05, 4.69) is 4.74 Å². The molecule has 2 rings (SSSR count). The summed E-state index contributed by atoms with van der Waals surface area (Å²) in [5, 5.41) is 0. The van der Waals surface area contributed by atoms with Gasteiger partial charge in [-0.2, -0.15) is 0 Å². The van der Waals surface area contributed by atoms with Crippen LogP contribution in [0.25, 0.3) is 0 Å². The van der Waals surface area contributed by atoms with Crippen LogP contribution >= 0.6 is 0 Å². The summed E-state index contributed by atoms with van der Waals surface area (Å²) in [6, 6.07) is 9.56. The highest BCUT2D eigenvalue weighted by atomic mass is 19.4. The number of benzene rings is 1. The number of halogens is 3. The van der Waals surface area contributed by atoms with Gasteiger partial charge in [0.1, 0.15) is 0 Å². The Labute approximate surface area is 92.2 Å². The number of hydrogen-bond acceptors (Lipinski definition) is 1. The van der Waals surface area contributed by atoms with E-state index in [9.17, 15) is 13.2 Å². The van der Waals surface area contributed by atoms with E-state index in [1.54, 1.807) is 0 Å². The van der Waals surface area contributed by atoms with Crippen molar-refractivity contribution in [2.75, 3.05) is 0 Å². The Bertz CT molecular complexity index is 334. The van der Waals surface area contributed by atoms with Crippen LogP contribution in [0.15, 0.2) is 30.3 Å². The monoisotopic (exact) mass is 230 g/mol. The summed E-state index contributed by atoms with van der Waals surface area (Å²) in [7, 11) is 0. The Balaban J connectivity index is 1.88. The first-order valence-corrected chi connectivity index (χ1v) is 5.33. The predicted octanol–water partition coefficient (Wildman–Crippen LogP) is 3.54. The third-order valence-corrected chi connectivity index (χ3v) is 2.97. The van der Waals surface area contributed by atoms with Gasteiger partial charge in [-0.3, -0.25) is 4.74 Å². The van der Waals surface area contributed by atoms with Crippen LogP contribution in [-0.2, 0) is 11.2 Å². The Morgan fingerprint density at radius 3 is 2.31 bits per heavy atom. The molecule has 2 unspecified atom stereocenters. The second kappa shape index (κ2) is 4.45. The molecule has 0 heterocycles. The lowest BCUT2D eigenvalue weighted by Gasteiger charge is -2.36. The van der Waals surface area contributed by atoms with E-state index in [0.29, 0.717) is 12.8 Å². The van der Waals surface area contributed by atoms with Crippen molar-refractivity contribution in [1.29, 1.82) is 0 Å². The molecule has 0 aliphatic heterocycles. The molecule has 1 aromatic carbocycles. The van der Waals surface area contributed by atoms with Crippen LogP contribution in [-0.4, -0.2) is 12.5 Å². The van der Waals surface area contributed by atoms with Crippen molar-refractivity contribution in [2.24, 2.45) is 5.92 Å². The van der Waals surface area contributed by atoms with E-state index >= 15 is 0 Å². The van der Waals surface area contributed by atoms with E-state index in [0.717, 1.165) is 12.0 Å². The molecule has 0 saturated heterocycles. The zero-order chi connectivity index (χ0) is 11.6. The molecule has 0 spiro atoms. The molecular formula is C12H13F3O. The molecule has 1 saturated carbocycles. The highest BCUT2D eigenvalue weighted by molar-refractivity contribution is 5.16. The van der Waals surface area contributed by atoms with Crippen molar-refractivity contribution in [2.45, 2.75) is 31.7 Å². The molecule has 16 heavy (non-hydrogen) atoms. The minimum atomic E-state index is -4.50. The summed E-state index contributed by atoms with van der Waals surface area (Å²) in [6.45, 7) is 0. The zero-order valence-corrected chi connectivity index (χ0v) is 8.70. The summed E-state index contributed by atoms with van der Waals surface area (Å²) in [4.78, 5) is 0. The van der Waals surface area contributed by atoms with E-state index in [-0.39, 0.29) is 5.92 Å². The average Bonchev–Trinajstić information content (AvgIpc) is 2.22. The largest absolute Gasteiger partial charge is 0.522 e. The Morgan fingerprint density at radius 2 is 1.81 bits per heavy atom. The first-order chi connectivity index (χ1) is 7.54. The van der Waals surface area contributed by atoms with E-state index in [4.69, 9.17) is 0 Å². The standard InChI is InChI=1S/C12H13F3O/c13-12(14,15)16-11-7-6-10(11)8-9-4-2-1-3-5-9/h1-5,10-11H,6-8H2. The van der Waals surface area contributed by atoms with Gasteiger partial charge < -0.3 is 0 Å². The Morgan fingerprint density at radius 1 is 1.12 bits per heavy atom. The number of hydrogen-bond donors (Lipinski definition) is 0. The van der Waals surface area contributed by atoms with Crippen LogP contribution in [0, 0.1) is 5.92 Å². The van der Waals surface area contributed by atoms with E-state index < -0.39 is 12.5 Å². The molecule has 1 aromatic rings. The van der Waals surface area contributed by atoms with Gasteiger partial charge in [0.25, 0.3) is 0 Å². The SMILES string of the molecule is FC(F)(F)OC1CCC1Cc1ccccc1. The third-order valence-electron chi connectivity index (χ3n) is 2.97. The highest BCUT2D eigenvalue weighted by Gasteiger charge is 2.41. The van der Waals surface area contributed by atoms with Gasteiger partial charge in [0.15, 0.2) is 0 Å². The molecule has 1 aliphatic carbocycles. The normalized spacial score (nSPS) is 25.2. The van der Waals surface area contributed by atoms with Crippen LogP contribution in [0.1, 0.15) is 18.4 Å². The van der Waals surface area contributed by atoms with Crippen LogP contribution < -0.4 is 0 Å². The van der Waals surface area contributed by atoms with Gasteiger partial charge in [-0.05, 0) is 30.7 Å². The maximum atomic E-state index is 12.0. The number of alkyl halides is 3. The van der Waals surface area contributed by atoms with Gasteiger partial charge in [-0.25, -0.2) is 0 Å². The molecule has 0 radical (unpaired) electrons. The predicted molar refractivity (Wildman–Crippen MR) is 53.8 cm³/mol. The maximum Gasteiger partial charge on any atom is 0.522 e. The topological polar surface area (TPSA) is 9.23 Å². The van der Waals surface area contributed by atoms with Gasteiger partial charge in [-0.15, -0.1) is 13.2 Å². The van der Waals surface area contributed by atoms with Crippen molar-refractivity contribution in [3.05, 3.63) is 35.9 Å². The molecule has 0 N–H and O–H groups in total. The van der Waals surface area contributed by atoms with Crippen molar-refractivity contribution < 1.29 is 17.9 Å². The minimum Gasteiger partial charge on any atom is -0.288 e. The van der Waals surface area contributed by atoms with Gasteiger partial charge in [0.2, 0.25) is 0 Å². The first kappa shape index (κ1) is 11.5. The van der Waals surface area contributed by atoms with Crippen molar-refractivity contribution in [1.82, 2.24) is 0 Å². The highest BCUT2D eigenvalue weighted by Crippen LogP contribution is 2.37. The lowest BCUT2D eigenvalue weighted by molar-refractivity contribution is -0.358. The Kier molecular flexibility index (Phi) is 3.19. The molecule has 0 amide bonds. The molecule has 1 fully saturated rings. The molecule has 88 valence electrons. The fraction of sp³-hybridized carbons (Fsp3) is 0.500. The van der Waals surface area contributed by atoms with Crippen LogP contribution in [0.2, 0.25) is 0 Å². The number of ether oxygens (including phenoxy) is 1. The summed E-state index contributed by atoms with van der Waals surface area (Å²) >= 11 is 0. The molecule has 0 aromatic heterocycles. The van der Waals surface area contributed by atoms with Crippen molar-refractivity contribution in [3.8, 4) is 0 Å². The van der Waals surface area contributed by atoms with Gasteiger partial charge in [-0.1, -0.05) is 30.3 Å². The smallest absolute Gasteiger partial charge is 0.288 e. The lowest BCUT2D eigenvalue weighted by Crippen LogP contribution is -2.39. The fourth-order valence-electron chi connectivity index (χ4n) is 2.02. The average molecular weight is 230 g/mol. The summed E-state index contributed by atoms with van der Waals surface area (Å²) in [6.07, 6.45) is -3.16. The van der Waals surface area contributed by atoms with Gasteiger partial charge in [0, 0.05) is 0 Å². The molecule has 0 bridgehead atoms. The number of rotatable bonds is 3. The first-order valence-electron chi connectivity index (χ1n) is 5.33. The molecule has 1 nitrogen and oxygen atoms in total. The van der Waals surface area contributed by atoms with Crippen LogP contribution in [0.3, 0.4) is 0 Å². The third kappa shape index (κ3) is 2.98. The summed E-state index contributed by atoms with van der Waals surface area (Å²) < 4.78 is 40.1. The van der Waals surface area contributed by atoms with E-state index in [1.165, 1.54) is 0 Å². The van der Waals surface area contributed by atoms with Gasteiger partial charge >= 0.3 is 6.36 Å². The fourth-order valence-corrected chi connectivity index (χ4v) is 2.02. The molecule has 4 heteroatoms. The molecule has 2 atom stereocenters. The van der Waals surface area contributed by atoms with Crippen molar-refractivity contribution >= 4 is 0 Å². The Hall–Kier alpha value is -1.03. The molecular weight excluding hydrogens is 217 g/mol. The van der Waals surface area contributed by atoms with Crippen LogP contribution in [0.4, 0.5) is 13.2 Å². The second-order valence-corrected chi connectivity index (χ2v) is 4.13. The van der Waals surface area contributed by atoms with Crippen LogP contribution in [0.5, 0.6) is 0 Å². The van der Waals surface area contributed by atoms with Gasteiger partial charge in [0.05, 0.1) is 6.10 Å². The van der Waals surface area contributed by atoms with Crippen molar-refractivity contribution in [3.63, 3.8) is 0 Å². The lowest BCUT2D eigenvalue weighted by atomic mass is 9.78.